The molecule has 0 atom stereocenters. The summed E-state index contributed by atoms with van der Waals surface area (Å²) in [6.45, 7) is 5.24. The van der Waals surface area contributed by atoms with Gasteiger partial charge >= 0.3 is 23.1 Å². The van der Waals surface area contributed by atoms with E-state index in [2.05, 4.69) is 10.6 Å². The number of rotatable bonds is 6. The Bertz CT molecular complexity index is 566. The predicted octanol–water partition coefficient (Wildman–Crippen LogP) is 4.13. The third-order valence-electron chi connectivity index (χ3n) is 2.85. The maximum atomic E-state index is 5.40. The molecule has 2 aromatic carbocycles. The van der Waals surface area contributed by atoms with E-state index in [1.807, 2.05) is 62.4 Å². The number of hydrogen-bond acceptors (Lipinski definition) is 3. The Hall–Kier alpha value is -1.01. The fourth-order valence-corrected chi connectivity index (χ4v) is 2.13. The van der Waals surface area contributed by atoms with Gasteiger partial charge in [0.2, 0.25) is 0 Å². The van der Waals surface area contributed by atoms with Crippen molar-refractivity contribution in [3.8, 4) is 11.5 Å². The molecule has 4 nitrogen and oxygen atoms in total. The molecule has 0 saturated heterocycles. The minimum Gasteiger partial charge on any atom is -1.00 e. The molecular weight excluding hydrogens is 379 g/mol. The molecule has 0 heterocycles. The zero-order chi connectivity index (χ0) is 15.8. The molecule has 2 N–H and O–H groups in total. The number of nitrogens with one attached hydrogen (secondary N) is 2. The first-order valence-corrected chi connectivity index (χ1v) is 7.65. The summed E-state index contributed by atoms with van der Waals surface area (Å²) in [7, 11) is 0. The van der Waals surface area contributed by atoms with Crippen molar-refractivity contribution in [1.29, 1.82) is 0 Å². The normalized spacial score (nSPS) is 9.08. The van der Waals surface area contributed by atoms with Crippen molar-refractivity contribution in [3.63, 3.8) is 0 Å². The van der Waals surface area contributed by atoms with Gasteiger partial charge in [0, 0.05) is 27.9 Å². The number of hydrogen-bond donors (Lipinski definition) is 2. The average Bonchev–Trinajstić information content (AvgIpc) is 2.52. The average molecular weight is 401 g/mol. The molecule has 0 unspecified atom stereocenters. The van der Waals surface area contributed by atoms with Gasteiger partial charge in [0.15, 0.2) is 5.11 Å². The van der Waals surface area contributed by atoms with Crippen LogP contribution in [0.3, 0.4) is 0 Å². The van der Waals surface area contributed by atoms with Crippen LogP contribution in [0.15, 0.2) is 48.5 Å². The summed E-state index contributed by atoms with van der Waals surface area (Å²) in [5.41, 5.74) is 1.82. The van der Waals surface area contributed by atoms with E-state index in [9.17, 15) is 0 Å². The second kappa shape index (κ2) is 12.4. The van der Waals surface area contributed by atoms with Gasteiger partial charge in [-0.3, -0.25) is 0 Å². The number of ether oxygens (including phenoxy) is 2. The molecule has 0 aliphatic heterocycles. The Balaban J connectivity index is -0.00000132. The minimum atomic E-state index is 0. The summed E-state index contributed by atoms with van der Waals surface area (Å²) >= 11 is 5.30. The monoisotopic (exact) mass is 400 g/mol. The summed E-state index contributed by atoms with van der Waals surface area (Å²) in [4.78, 5) is 0. The van der Waals surface area contributed by atoms with Crippen LogP contribution in [-0.2, 0) is 16.5 Å². The smallest absolute Gasteiger partial charge is 1.00 e. The molecule has 2 aromatic rings. The molecule has 0 fully saturated rings. The van der Waals surface area contributed by atoms with Gasteiger partial charge in [-0.05, 0) is 74.6 Å². The van der Waals surface area contributed by atoms with Gasteiger partial charge in [-0.2, -0.15) is 0 Å². The summed E-state index contributed by atoms with van der Waals surface area (Å²) in [5.74, 6) is 1.69. The van der Waals surface area contributed by atoms with Gasteiger partial charge in [0.25, 0.3) is 0 Å². The van der Waals surface area contributed by atoms with Crippen LogP contribution in [0.1, 0.15) is 16.7 Å². The summed E-state index contributed by atoms with van der Waals surface area (Å²) in [5, 5.41) is 6.80. The maximum Gasteiger partial charge on any atom is 2.00 e. The van der Waals surface area contributed by atoms with Crippen molar-refractivity contribution < 1.29 is 28.8 Å². The molecule has 0 spiro atoms. The van der Waals surface area contributed by atoms with Crippen molar-refractivity contribution in [2.75, 3.05) is 23.8 Å². The van der Waals surface area contributed by atoms with Crippen LogP contribution >= 0.6 is 12.2 Å². The van der Waals surface area contributed by atoms with E-state index in [1.54, 1.807) is 0 Å². The zero-order valence-electron chi connectivity index (χ0n) is 15.8. The molecule has 130 valence electrons. The van der Waals surface area contributed by atoms with Crippen molar-refractivity contribution in [2.24, 2.45) is 0 Å². The van der Waals surface area contributed by atoms with Gasteiger partial charge in [-0.1, -0.05) is 0 Å². The van der Waals surface area contributed by atoms with E-state index in [4.69, 9.17) is 21.7 Å². The Morgan fingerprint density at radius 2 is 1.17 bits per heavy atom. The predicted molar refractivity (Wildman–Crippen MR) is 103 cm³/mol. The minimum absolute atomic E-state index is 0. The molecule has 0 saturated carbocycles. The molecule has 0 bridgehead atoms. The first kappa shape index (κ1) is 23.0. The molecule has 0 radical (unpaired) electrons. The van der Waals surface area contributed by atoms with Crippen molar-refractivity contribution >= 4 is 51.8 Å². The molecular formula is C17H22MgN2NiO2S. The van der Waals surface area contributed by atoms with Crippen LogP contribution in [0, 0.1) is 0 Å². The Labute approximate surface area is 177 Å². The van der Waals surface area contributed by atoms with Crippen LogP contribution in [0.25, 0.3) is 0 Å². The summed E-state index contributed by atoms with van der Waals surface area (Å²) < 4.78 is 10.8. The van der Waals surface area contributed by atoms with E-state index in [0.29, 0.717) is 18.3 Å². The maximum absolute atomic E-state index is 5.40. The number of anilines is 2. The SMILES string of the molecule is CCOc1ccc(NC(=S)Nc2ccc(OCC)cc2)cc1.[H-].[H-].[Mg+2].[Ni]. The molecule has 7 heteroatoms. The quantitative estimate of drug-likeness (QED) is 0.563. The Kier molecular flexibility index (Phi) is 11.8. The largest absolute Gasteiger partial charge is 2.00 e. The van der Waals surface area contributed by atoms with E-state index < -0.39 is 0 Å². The van der Waals surface area contributed by atoms with Crippen LogP contribution in [0.2, 0.25) is 0 Å². The van der Waals surface area contributed by atoms with Gasteiger partial charge in [-0.15, -0.1) is 0 Å². The summed E-state index contributed by atoms with van der Waals surface area (Å²) in [6.07, 6.45) is 0. The number of thiocarbonyl (C=S) groups is 1. The van der Waals surface area contributed by atoms with E-state index in [-0.39, 0.29) is 42.4 Å². The van der Waals surface area contributed by atoms with Crippen molar-refractivity contribution in [1.82, 2.24) is 0 Å². The van der Waals surface area contributed by atoms with Gasteiger partial charge < -0.3 is 23.0 Å². The molecule has 0 aromatic heterocycles. The first-order valence-electron chi connectivity index (χ1n) is 7.25. The third kappa shape index (κ3) is 7.71. The van der Waals surface area contributed by atoms with E-state index in [1.165, 1.54) is 0 Å². The Morgan fingerprint density at radius 3 is 1.46 bits per heavy atom. The molecule has 0 aliphatic carbocycles. The van der Waals surface area contributed by atoms with Crippen molar-refractivity contribution in [3.05, 3.63) is 48.5 Å². The van der Waals surface area contributed by atoms with Gasteiger partial charge in [0.05, 0.1) is 13.2 Å². The van der Waals surface area contributed by atoms with Crippen LogP contribution in [-0.4, -0.2) is 41.4 Å². The molecule has 0 aliphatic rings. The number of benzene rings is 2. The zero-order valence-corrected chi connectivity index (χ0v) is 17.0. The molecule has 0 amide bonds. The fourth-order valence-electron chi connectivity index (χ4n) is 1.90. The second-order valence-corrected chi connectivity index (χ2v) is 4.90. The van der Waals surface area contributed by atoms with Crippen LogP contribution < -0.4 is 20.1 Å². The second-order valence-electron chi connectivity index (χ2n) is 4.49. The fraction of sp³-hybridized carbons (Fsp3) is 0.235. The summed E-state index contributed by atoms with van der Waals surface area (Å²) in [6, 6.07) is 15.3. The van der Waals surface area contributed by atoms with Crippen molar-refractivity contribution in [2.45, 2.75) is 13.8 Å². The van der Waals surface area contributed by atoms with E-state index >= 15 is 0 Å². The van der Waals surface area contributed by atoms with Crippen LogP contribution in [0.4, 0.5) is 11.4 Å². The van der Waals surface area contributed by atoms with Gasteiger partial charge in [-0.25, -0.2) is 0 Å². The van der Waals surface area contributed by atoms with E-state index in [0.717, 1.165) is 22.9 Å². The topological polar surface area (TPSA) is 42.5 Å². The Morgan fingerprint density at radius 1 is 0.833 bits per heavy atom. The van der Waals surface area contributed by atoms with Gasteiger partial charge in [0.1, 0.15) is 11.5 Å². The third-order valence-corrected chi connectivity index (χ3v) is 3.05. The molecule has 24 heavy (non-hydrogen) atoms. The standard InChI is InChI=1S/C17H20N2O2S.Mg.Ni.2H/c1-3-20-15-9-5-13(6-10-15)18-17(22)19-14-7-11-16(12-8-14)21-4-2;;;;/h5-12H,3-4H2,1-2H3,(H2,18,19,22);;;;/q;+2;;2*-1. The molecule has 2 rings (SSSR count). The van der Waals surface area contributed by atoms with Crippen LogP contribution in [0.5, 0.6) is 11.5 Å². The first-order chi connectivity index (χ1) is 10.7.